The highest BCUT2D eigenvalue weighted by Gasteiger charge is 2.03. The van der Waals surface area contributed by atoms with E-state index in [1.54, 1.807) is 0 Å². The van der Waals surface area contributed by atoms with Crippen LogP contribution in [0.4, 0.5) is 0 Å². The van der Waals surface area contributed by atoms with E-state index in [0.29, 0.717) is 26.1 Å². The lowest BCUT2D eigenvalue weighted by atomic mass is 10.1. The van der Waals surface area contributed by atoms with Gasteiger partial charge in [-0.3, -0.25) is 4.79 Å². The summed E-state index contributed by atoms with van der Waals surface area (Å²) < 4.78 is 10.2. The molecule has 0 fully saturated rings. The van der Waals surface area contributed by atoms with Gasteiger partial charge in [0.15, 0.2) is 0 Å². The highest BCUT2D eigenvalue weighted by atomic mass is 32.2. The number of hydrogen-bond donors (Lipinski definition) is 0. The van der Waals surface area contributed by atoms with Crippen molar-refractivity contribution in [3.05, 3.63) is 35.4 Å². The molecule has 1 rings (SSSR count). The first-order chi connectivity index (χ1) is 8.26. The molecule has 0 spiro atoms. The van der Waals surface area contributed by atoms with E-state index in [-0.39, 0.29) is 5.97 Å². The van der Waals surface area contributed by atoms with E-state index < -0.39 is 0 Å². The van der Waals surface area contributed by atoms with Crippen LogP contribution in [0.5, 0.6) is 0 Å². The fraction of sp³-hybridized carbons (Fsp3) is 0.462. The van der Waals surface area contributed by atoms with Crippen LogP contribution in [0.3, 0.4) is 0 Å². The predicted octanol–water partition coefficient (Wildman–Crippen LogP) is 2.98. The number of carbonyl (C=O) groups excluding carboxylic acids is 1. The Morgan fingerprint density at radius 3 is 2.82 bits per heavy atom. The fourth-order valence-electron chi connectivity index (χ4n) is 1.48. The molecular weight excluding hydrogens is 236 g/mol. The molecule has 0 atom stereocenters. The summed E-state index contributed by atoms with van der Waals surface area (Å²) in [5, 5.41) is 0. The monoisotopic (exact) mass is 254 g/mol. The maximum atomic E-state index is 11.2. The van der Waals surface area contributed by atoms with Crippen LogP contribution >= 0.6 is 12.0 Å². The Morgan fingerprint density at radius 2 is 2.12 bits per heavy atom. The zero-order valence-electron chi connectivity index (χ0n) is 10.3. The third-order valence-corrected chi connectivity index (χ3v) is 2.61. The van der Waals surface area contributed by atoms with Gasteiger partial charge in [-0.15, -0.1) is 0 Å². The molecule has 4 heteroatoms. The molecule has 94 valence electrons. The molecule has 0 radical (unpaired) electrons. The van der Waals surface area contributed by atoms with Crippen molar-refractivity contribution in [1.82, 2.24) is 0 Å². The Hall–Kier alpha value is -1.00. The van der Waals surface area contributed by atoms with Crippen molar-refractivity contribution < 1.29 is 13.7 Å². The van der Waals surface area contributed by atoms with Crippen molar-refractivity contribution in [2.75, 3.05) is 12.9 Å². The first kappa shape index (κ1) is 14.1. The van der Waals surface area contributed by atoms with Crippen molar-refractivity contribution >= 4 is 18.0 Å². The van der Waals surface area contributed by atoms with E-state index in [2.05, 4.69) is 6.07 Å². The largest absolute Gasteiger partial charge is 0.466 e. The molecule has 0 aromatic heterocycles. The molecule has 0 N–H and O–H groups in total. The van der Waals surface area contributed by atoms with E-state index in [1.807, 2.05) is 31.4 Å². The molecule has 0 unspecified atom stereocenters. The second-order valence-corrected chi connectivity index (χ2v) is 4.12. The lowest BCUT2D eigenvalue weighted by Crippen LogP contribution is -2.05. The molecule has 17 heavy (non-hydrogen) atoms. The number of hydrogen-bond acceptors (Lipinski definition) is 4. The van der Waals surface area contributed by atoms with Gasteiger partial charge in [0, 0.05) is 12.7 Å². The minimum Gasteiger partial charge on any atom is -0.466 e. The van der Waals surface area contributed by atoms with Gasteiger partial charge in [0.1, 0.15) is 0 Å². The van der Waals surface area contributed by atoms with E-state index >= 15 is 0 Å². The van der Waals surface area contributed by atoms with Gasteiger partial charge in [0.05, 0.1) is 13.2 Å². The summed E-state index contributed by atoms with van der Waals surface area (Å²) in [6.45, 7) is 2.85. The predicted molar refractivity (Wildman–Crippen MR) is 69.7 cm³/mol. The van der Waals surface area contributed by atoms with Crippen molar-refractivity contribution in [3.63, 3.8) is 0 Å². The molecule has 1 aromatic carbocycles. The fourth-order valence-corrected chi connectivity index (χ4v) is 1.74. The third-order valence-electron chi connectivity index (χ3n) is 2.26. The van der Waals surface area contributed by atoms with Crippen LogP contribution in [0.15, 0.2) is 24.3 Å². The quantitative estimate of drug-likeness (QED) is 0.553. The second kappa shape index (κ2) is 8.14. The Kier molecular flexibility index (Phi) is 6.74. The van der Waals surface area contributed by atoms with E-state index in [4.69, 9.17) is 8.92 Å². The molecule has 0 saturated carbocycles. The second-order valence-electron chi connectivity index (χ2n) is 3.55. The molecule has 0 aliphatic rings. The van der Waals surface area contributed by atoms with Crippen molar-refractivity contribution in [2.45, 2.75) is 26.4 Å². The Morgan fingerprint density at radius 1 is 1.35 bits per heavy atom. The summed E-state index contributed by atoms with van der Waals surface area (Å²) in [6, 6.07) is 8.08. The Bertz CT molecular complexity index is 352. The smallest absolute Gasteiger partial charge is 0.306 e. The van der Waals surface area contributed by atoms with Gasteiger partial charge in [-0.2, -0.15) is 0 Å². The minimum absolute atomic E-state index is 0.140. The molecular formula is C13H18O3S. The van der Waals surface area contributed by atoms with Crippen LogP contribution in [-0.4, -0.2) is 18.8 Å². The zero-order chi connectivity index (χ0) is 12.5. The van der Waals surface area contributed by atoms with E-state index in [0.717, 1.165) is 11.1 Å². The number of ether oxygens (including phenoxy) is 1. The molecule has 0 aliphatic heterocycles. The van der Waals surface area contributed by atoms with Crippen molar-refractivity contribution in [1.29, 1.82) is 0 Å². The minimum atomic E-state index is -0.140. The van der Waals surface area contributed by atoms with Gasteiger partial charge in [-0.05, 0) is 36.5 Å². The number of aryl methyl sites for hydroxylation is 1. The maximum absolute atomic E-state index is 11.2. The first-order valence-corrected chi connectivity index (χ1v) is 6.80. The average molecular weight is 254 g/mol. The Balaban J connectivity index is 2.45. The van der Waals surface area contributed by atoms with Crippen LogP contribution in [0.2, 0.25) is 0 Å². The molecule has 3 nitrogen and oxygen atoms in total. The van der Waals surface area contributed by atoms with Crippen LogP contribution in [0, 0.1) is 0 Å². The van der Waals surface area contributed by atoms with Crippen molar-refractivity contribution in [2.24, 2.45) is 0 Å². The van der Waals surface area contributed by atoms with Gasteiger partial charge in [0.25, 0.3) is 0 Å². The highest BCUT2D eigenvalue weighted by Crippen LogP contribution is 2.11. The zero-order valence-corrected chi connectivity index (χ0v) is 11.1. The van der Waals surface area contributed by atoms with E-state index in [9.17, 15) is 4.79 Å². The summed E-state index contributed by atoms with van der Waals surface area (Å²) in [6.07, 6.45) is 3.04. The summed E-state index contributed by atoms with van der Waals surface area (Å²) in [5.41, 5.74) is 2.26. The average Bonchev–Trinajstić information content (AvgIpc) is 2.35. The SMILES string of the molecule is CCOC(=O)CCc1cccc(COSC)c1. The third kappa shape index (κ3) is 5.75. The maximum Gasteiger partial charge on any atom is 0.306 e. The standard InChI is InChI=1S/C13H18O3S/c1-3-15-13(14)8-7-11-5-4-6-12(9-11)10-16-17-2/h4-6,9H,3,7-8,10H2,1-2H3. The normalized spacial score (nSPS) is 10.2. The lowest BCUT2D eigenvalue weighted by molar-refractivity contribution is -0.143. The molecule has 0 heterocycles. The van der Waals surface area contributed by atoms with Crippen LogP contribution in [0.1, 0.15) is 24.5 Å². The highest BCUT2D eigenvalue weighted by molar-refractivity contribution is 7.93. The number of esters is 1. The summed E-state index contributed by atoms with van der Waals surface area (Å²) in [7, 11) is 0. The first-order valence-electron chi connectivity index (χ1n) is 5.65. The Labute approximate surface area is 107 Å². The van der Waals surface area contributed by atoms with Gasteiger partial charge in [-0.25, -0.2) is 0 Å². The molecule has 1 aromatic rings. The lowest BCUT2D eigenvalue weighted by Gasteiger charge is -2.05. The summed E-state index contributed by atoms with van der Waals surface area (Å²) in [5.74, 6) is -0.140. The van der Waals surface area contributed by atoms with E-state index in [1.165, 1.54) is 12.0 Å². The molecule has 0 amide bonds. The molecule has 0 bridgehead atoms. The van der Waals surface area contributed by atoms with Crippen molar-refractivity contribution in [3.8, 4) is 0 Å². The van der Waals surface area contributed by atoms with Crippen LogP contribution < -0.4 is 0 Å². The van der Waals surface area contributed by atoms with Gasteiger partial charge in [0.2, 0.25) is 0 Å². The molecule has 0 saturated heterocycles. The topological polar surface area (TPSA) is 35.5 Å². The number of benzene rings is 1. The van der Waals surface area contributed by atoms with Gasteiger partial charge < -0.3 is 8.92 Å². The van der Waals surface area contributed by atoms with Gasteiger partial charge >= 0.3 is 5.97 Å². The van der Waals surface area contributed by atoms with Gasteiger partial charge in [-0.1, -0.05) is 24.3 Å². The van der Waals surface area contributed by atoms with Crippen LogP contribution in [-0.2, 0) is 26.7 Å². The summed E-state index contributed by atoms with van der Waals surface area (Å²) in [4.78, 5) is 11.2. The van der Waals surface area contributed by atoms with Crippen LogP contribution in [0.25, 0.3) is 0 Å². The number of rotatable bonds is 7. The summed E-state index contributed by atoms with van der Waals surface area (Å²) >= 11 is 1.35. The number of carbonyl (C=O) groups is 1. The molecule has 0 aliphatic carbocycles.